The molecular formula is C8H8ClNO2. The van der Waals surface area contributed by atoms with Gasteiger partial charge in [0.25, 0.3) is 0 Å². The molecule has 0 aliphatic carbocycles. The van der Waals surface area contributed by atoms with E-state index in [4.69, 9.17) is 11.8 Å². The fourth-order valence-corrected chi connectivity index (χ4v) is 0.926. The summed E-state index contributed by atoms with van der Waals surface area (Å²) >= 11 is 5.62. The number of hydrogen-bond donors (Lipinski definition) is 0. The molecule has 64 valence electrons. The molecular weight excluding hydrogens is 178 g/mol. The van der Waals surface area contributed by atoms with Gasteiger partial charge in [0.05, 0.1) is 12.8 Å². The van der Waals surface area contributed by atoms with Crippen LogP contribution in [0.3, 0.4) is 0 Å². The van der Waals surface area contributed by atoms with Crippen molar-refractivity contribution in [2.75, 3.05) is 11.5 Å². The zero-order valence-corrected chi connectivity index (χ0v) is 7.28. The Hall–Kier alpha value is -1.22. The van der Waals surface area contributed by atoms with Gasteiger partial charge in [0.2, 0.25) is 0 Å². The minimum atomic E-state index is -0.595. The summed E-state index contributed by atoms with van der Waals surface area (Å²) in [7, 11) is 1.28. The first-order valence-electron chi connectivity index (χ1n) is 3.34. The van der Waals surface area contributed by atoms with Crippen molar-refractivity contribution in [3.05, 3.63) is 30.3 Å². The fraction of sp³-hybridized carbons (Fsp3) is 0.125. The van der Waals surface area contributed by atoms with Gasteiger partial charge in [-0.15, -0.1) is 0 Å². The number of benzene rings is 1. The Morgan fingerprint density at radius 1 is 1.42 bits per heavy atom. The zero-order valence-electron chi connectivity index (χ0n) is 6.53. The SMILES string of the molecule is COC(=O)N(Cl)c1ccccc1. The van der Waals surface area contributed by atoms with Crippen LogP contribution in [0, 0.1) is 0 Å². The van der Waals surface area contributed by atoms with Crippen molar-refractivity contribution < 1.29 is 9.53 Å². The Kier molecular flexibility index (Phi) is 2.94. The summed E-state index contributed by atoms with van der Waals surface area (Å²) in [6, 6.07) is 8.83. The van der Waals surface area contributed by atoms with Gasteiger partial charge < -0.3 is 4.74 Å². The summed E-state index contributed by atoms with van der Waals surface area (Å²) in [6.07, 6.45) is -0.595. The number of amides is 1. The normalized spacial score (nSPS) is 9.17. The molecule has 0 bridgehead atoms. The van der Waals surface area contributed by atoms with Crippen LogP contribution in [0.2, 0.25) is 0 Å². The van der Waals surface area contributed by atoms with Crippen molar-refractivity contribution in [3.8, 4) is 0 Å². The molecule has 0 aliphatic heterocycles. The molecule has 4 heteroatoms. The molecule has 0 saturated heterocycles. The average Bonchev–Trinajstić information content (AvgIpc) is 2.17. The van der Waals surface area contributed by atoms with Crippen molar-refractivity contribution in [2.45, 2.75) is 0 Å². The molecule has 0 aromatic heterocycles. The number of hydrogen-bond acceptors (Lipinski definition) is 2. The van der Waals surface area contributed by atoms with Gasteiger partial charge >= 0.3 is 6.09 Å². The Morgan fingerprint density at radius 2 is 2.00 bits per heavy atom. The first-order valence-corrected chi connectivity index (χ1v) is 3.68. The zero-order chi connectivity index (χ0) is 8.97. The van der Waals surface area contributed by atoms with Crippen molar-refractivity contribution >= 4 is 23.6 Å². The van der Waals surface area contributed by atoms with Gasteiger partial charge in [0.15, 0.2) is 0 Å². The van der Waals surface area contributed by atoms with E-state index in [9.17, 15) is 4.79 Å². The smallest absolute Gasteiger partial charge is 0.429 e. The molecule has 0 atom stereocenters. The predicted molar refractivity (Wildman–Crippen MR) is 47.2 cm³/mol. The third kappa shape index (κ3) is 1.89. The van der Waals surface area contributed by atoms with Gasteiger partial charge in [-0.05, 0) is 12.1 Å². The third-order valence-corrected chi connectivity index (χ3v) is 1.65. The number of ether oxygens (including phenoxy) is 1. The summed E-state index contributed by atoms with van der Waals surface area (Å²) < 4.78 is 5.34. The molecule has 0 N–H and O–H groups in total. The Morgan fingerprint density at radius 3 is 2.50 bits per heavy atom. The highest BCUT2D eigenvalue weighted by Gasteiger charge is 2.11. The van der Waals surface area contributed by atoms with E-state index in [2.05, 4.69) is 4.74 Å². The molecule has 1 aromatic rings. The summed E-state index contributed by atoms with van der Waals surface area (Å²) in [5.74, 6) is 0. The fourth-order valence-electron chi connectivity index (χ4n) is 0.744. The van der Waals surface area contributed by atoms with E-state index in [0.29, 0.717) is 5.69 Å². The summed E-state index contributed by atoms with van der Waals surface area (Å²) in [6.45, 7) is 0. The van der Waals surface area contributed by atoms with Gasteiger partial charge in [0, 0.05) is 11.8 Å². The predicted octanol–water partition coefficient (Wildman–Crippen LogP) is 2.41. The van der Waals surface area contributed by atoms with Gasteiger partial charge in [-0.3, -0.25) is 0 Å². The second-order valence-corrected chi connectivity index (χ2v) is 2.42. The number of halogens is 1. The number of nitrogens with zero attached hydrogens (tertiary/aromatic N) is 1. The lowest BCUT2D eigenvalue weighted by atomic mass is 10.3. The highest BCUT2D eigenvalue weighted by atomic mass is 35.5. The third-order valence-electron chi connectivity index (χ3n) is 1.32. The largest absolute Gasteiger partial charge is 0.452 e. The van der Waals surface area contributed by atoms with Crippen LogP contribution in [0.5, 0.6) is 0 Å². The molecule has 3 nitrogen and oxygen atoms in total. The van der Waals surface area contributed by atoms with E-state index in [1.165, 1.54) is 7.11 Å². The minimum Gasteiger partial charge on any atom is -0.452 e. The molecule has 0 fully saturated rings. The summed E-state index contributed by atoms with van der Waals surface area (Å²) in [5.41, 5.74) is 0.589. The van der Waals surface area contributed by atoms with Crippen LogP contribution < -0.4 is 4.42 Å². The summed E-state index contributed by atoms with van der Waals surface area (Å²) in [5, 5.41) is 0. The molecule has 0 radical (unpaired) electrons. The quantitative estimate of drug-likeness (QED) is 0.629. The van der Waals surface area contributed by atoms with Crippen LogP contribution in [-0.4, -0.2) is 13.2 Å². The van der Waals surface area contributed by atoms with Gasteiger partial charge in [-0.1, -0.05) is 18.2 Å². The van der Waals surface area contributed by atoms with Gasteiger partial charge in [0.1, 0.15) is 0 Å². The molecule has 1 amide bonds. The Bertz CT molecular complexity index is 263. The van der Waals surface area contributed by atoms with Crippen molar-refractivity contribution in [1.29, 1.82) is 0 Å². The van der Waals surface area contributed by atoms with Crippen LogP contribution in [0.25, 0.3) is 0 Å². The highest BCUT2D eigenvalue weighted by Crippen LogP contribution is 2.15. The van der Waals surface area contributed by atoms with E-state index < -0.39 is 6.09 Å². The molecule has 0 saturated carbocycles. The van der Waals surface area contributed by atoms with Crippen LogP contribution in [0.4, 0.5) is 10.5 Å². The van der Waals surface area contributed by atoms with Crippen LogP contribution in [0.15, 0.2) is 30.3 Å². The first-order chi connectivity index (χ1) is 5.75. The van der Waals surface area contributed by atoms with E-state index >= 15 is 0 Å². The second kappa shape index (κ2) is 3.97. The molecule has 1 aromatic carbocycles. The van der Waals surface area contributed by atoms with Crippen LogP contribution >= 0.6 is 11.8 Å². The van der Waals surface area contributed by atoms with Crippen molar-refractivity contribution in [1.82, 2.24) is 0 Å². The van der Waals surface area contributed by atoms with E-state index in [1.807, 2.05) is 6.07 Å². The molecule has 0 spiro atoms. The van der Waals surface area contributed by atoms with Crippen LogP contribution in [-0.2, 0) is 4.74 Å². The number of carbonyl (C=O) groups excluding carboxylic acids is 1. The maximum absolute atomic E-state index is 10.9. The Balaban J connectivity index is 2.78. The number of anilines is 1. The second-order valence-electron chi connectivity index (χ2n) is 2.09. The lowest BCUT2D eigenvalue weighted by Crippen LogP contribution is -2.19. The number of carbonyl (C=O) groups is 1. The topological polar surface area (TPSA) is 29.5 Å². The van der Waals surface area contributed by atoms with Crippen molar-refractivity contribution in [3.63, 3.8) is 0 Å². The van der Waals surface area contributed by atoms with Crippen molar-refractivity contribution in [2.24, 2.45) is 0 Å². The number of rotatable bonds is 1. The first kappa shape index (κ1) is 8.87. The van der Waals surface area contributed by atoms with Gasteiger partial charge in [-0.2, -0.15) is 4.42 Å². The number of methoxy groups -OCH3 is 1. The lowest BCUT2D eigenvalue weighted by Gasteiger charge is -2.10. The van der Waals surface area contributed by atoms with Gasteiger partial charge in [-0.25, -0.2) is 4.79 Å². The maximum atomic E-state index is 10.9. The average molecular weight is 186 g/mol. The molecule has 0 heterocycles. The van der Waals surface area contributed by atoms with E-state index in [1.54, 1.807) is 24.3 Å². The molecule has 0 unspecified atom stereocenters. The Labute approximate surface area is 75.6 Å². The molecule has 0 aliphatic rings. The van der Waals surface area contributed by atoms with E-state index in [-0.39, 0.29) is 0 Å². The summed E-state index contributed by atoms with van der Waals surface area (Å²) in [4.78, 5) is 10.9. The minimum absolute atomic E-state index is 0.589. The standard InChI is InChI=1S/C8H8ClNO2/c1-12-8(11)10(9)7-5-3-2-4-6-7/h2-6H,1H3. The lowest BCUT2D eigenvalue weighted by molar-refractivity contribution is 0.183. The molecule has 12 heavy (non-hydrogen) atoms. The number of para-hydroxylation sites is 1. The monoisotopic (exact) mass is 185 g/mol. The van der Waals surface area contributed by atoms with E-state index in [0.717, 1.165) is 4.42 Å². The molecule has 1 rings (SSSR count). The maximum Gasteiger partial charge on any atom is 0.429 e. The highest BCUT2D eigenvalue weighted by molar-refractivity contribution is 6.35. The van der Waals surface area contributed by atoms with Crippen LogP contribution in [0.1, 0.15) is 0 Å².